The Balaban J connectivity index is 2.21. The summed E-state index contributed by atoms with van der Waals surface area (Å²) >= 11 is 12.0. The smallest absolute Gasteiger partial charge is 0.168 e. The van der Waals surface area contributed by atoms with Gasteiger partial charge in [-0.1, -0.05) is 65.7 Å². The number of aliphatic hydroxyl groups is 1. The lowest BCUT2D eigenvalue weighted by Gasteiger charge is -2.21. The summed E-state index contributed by atoms with van der Waals surface area (Å²) in [5.74, 6) is 0. The van der Waals surface area contributed by atoms with Crippen molar-refractivity contribution >= 4 is 23.2 Å². The van der Waals surface area contributed by atoms with Gasteiger partial charge in [0.15, 0.2) is 5.06 Å². The van der Waals surface area contributed by atoms with Gasteiger partial charge >= 0.3 is 0 Å². The van der Waals surface area contributed by atoms with Crippen LogP contribution in [0.15, 0.2) is 54.6 Å². The van der Waals surface area contributed by atoms with Crippen LogP contribution in [0.1, 0.15) is 11.1 Å². The van der Waals surface area contributed by atoms with E-state index < -0.39 is 5.06 Å². The van der Waals surface area contributed by atoms with E-state index in [2.05, 4.69) is 0 Å². The lowest BCUT2D eigenvalue weighted by Crippen LogP contribution is -2.20. The summed E-state index contributed by atoms with van der Waals surface area (Å²) in [4.78, 5) is 0. The first-order valence-electron chi connectivity index (χ1n) is 5.29. The normalized spacial score (nSPS) is 14.3. The van der Waals surface area contributed by atoms with Crippen molar-refractivity contribution in [2.75, 3.05) is 0 Å². The predicted molar refractivity (Wildman–Crippen MR) is 71.3 cm³/mol. The Hall–Kier alpha value is -1.02. The third kappa shape index (κ3) is 3.22. The number of hydrogen-bond donors (Lipinski definition) is 1. The molecule has 0 aliphatic rings. The van der Waals surface area contributed by atoms with E-state index in [9.17, 15) is 5.11 Å². The van der Waals surface area contributed by atoms with Crippen LogP contribution in [0.2, 0.25) is 5.02 Å². The van der Waals surface area contributed by atoms with Crippen molar-refractivity contribution in [3.8, 4) is 0 Å². The molecule has 0 amide bonds. The Labute approximate surface area is 111 Å². The molecule has 0 aliphatic heterocycles. The van der Waals surface area contributed by atoms with Gasteiger partial charge in [0.25, 0.3) is 0 Å². The van der Waals surface area contributed by atoms with E-state index in [1.165, 1.54) is 0 Å². The van der Waals surface area contributed by atoms with Gasteiger partial charge in [0.1, 0.15) is 0 Å². The molecule has 2 rings (SSSR count). The molecule has 3 heteroatoms. The van der Waals surface area contributed by atoms with Gasteiger partial charge in [-0.15, -0.1) is 0 Å². The third-order valence-electron chi connectivity index (χ3n) is 2.57. The first-order chi connectivity index (χ1) is 8.08. The molecule has 1 N–H and O–H groups in total. The monoisotopic (exact) mass is 266 g/mol. The largest absolute Gasteiger partial charge is 0.370 e. The minimum atomic E-state index is -1.40. The van der Waals surface area contributed by atoms with E-state index in [0.717, 1.165) is 5.56 Å². The first-order valence-corrected chi connectivity index (χ1v) is 6.05. The Kier molecular flexibility index (Phi) is 3.72. The number of rotatable bonds is 3. The fraction of sp³-hybridized carbons (Fsp3) is 0.143. The molecule has 1 unspecified atom stereocenters. The highest BCUT2D eigenvalue weighted by molar-refractivity contribution is 6.30. The standard InChI is InChI=1S/C14H12Cl2O/c15-13-8-6-12(7-9-13)14(16,17)10-11-4-2-1-3-5-11/h1-9,17H,10H2. The third-order valence-corrected chi connectivity index (χ3v) is 3.17. The van der Waals surface area contributed by atoms with Crippen molar-refractivity contribution in [2.45, 2.75) is 11.5 Å². The minimum absolute atomic E-state index is 0.358. The van der Waals surface area contributed by atoms with Gasteiger partial charge in [-0.2, -0.15) is 0 Å². The summed E-state index contributed by atoms with van der Waals surface area (Å²) in [6, 6.07) is 16.5. The van der Waals surface area contributed by atoms with Crippen LogP contribution < -0.4 is 0 Å². The maximum absolute atomic E-state index is 10.3. The molecule has 0 heterocycles. The van der Waals surface area contributed by atoms with Crippen molar-refractivity contribution in [1.82, 2.24) is 0 Å². The van der Waals surface area contributed by atoms with Gasteiger partial charge in [0.05, 0.1) is 0 Å². The molecular weight excluding hydrogens is 255 g/mol. The van der Waals surface area contributed by atoms with Crippen molar-refractivity contribution < 1.29 is 5.11 Å². The second-order valence-electron chi connectivity index (χ2n) is 3.93. The zero-order valence-electron chi connectivity index (χ0n) is 9.11. The molecule has 0 fully saturated rings. The molecule has 0 saturated carbocycles. The highest BCUT2D eigenvalue weighted by atomic mass is 35.5. The maximum Gasteiger partial charge on any atom is 0.168 e. The molecule has 0 aromatic heterocycles. The highest BCUT2D eigenvalue weighted by Crippen LogP contribution is 2.30. The fourth-order valence-electron chi connectivity index (χ4n) is 1.67. The van der Waals surface area contributed by atoms with Crippen LogP contribution in [-0.4, -0.2) is 5.11 Å². The van der Waals surface area contributed by atoms with E-state index in [-0.39, 0.29) is 0 Å². The first kappa shape index (κ1) is 12.4. The zero-order chi connectivity index (χ0) is 12.3. The summed E-state index contributed by atoms with van der Waals surface area (Å²) in [5, 5.41) is 9.48. The van der Waals surface area contributed by atoms with Gasteiger partial charge in [-0.3, -0.25) is 0 Å². The topological polar surface area (TPSA) is 20.2 Å². The molecule has 2 aromatic carbocycles. The average molecular weight is 267 g/mol. The molecule has 88 valence electrons. The van der Waals surface area contributed by atoms with Gasteiger partial charge < -0.3 is 5.11 Å². The van der Waals surface area contributed by atoms with E-state index in [1.54, 1.807) is 24.3 Å². The lowest BCUT2D eigenvalue weighted by atomic mass is 10.0. The van der Waals surface area contributed by atoms with Gasteiger partial charge in [-0.25, -0.2) is 0 Å². The van der Waals surface area contributed by atoms with Gasteiger partial charge in [0, 0.05) is 11.4 Å². The molecule has 0 spiro atoms. The lowest BCUT2D eigenvalue weighted by molar-refractivity contribution is 0.129. The van der Waals surface area contributed by atoms with Crippen LogP contribution >= 0.6 is 23.2 Å². The van der Waals surface area contributed by atoms with Crippen molar-refractivity contribution in [3.63, 3.8) is 0 Å². The minimum Gasteiger partial charge on any atom is -0.370 e. The second-order valence-corrected chi connectivity index (χ2v) is 4.99. The molecule has 2 aromatic rings. The predicted octanol–water partition coefficient (Wildman–Crippen LogP) is 3.97. The molecule has 17 heavy (non-hydrogen) atoms. The summed E-state index contributed by atoms with van der Waals surface area (Å²) in [6.45, 7) is 0. The van der Waals surface area contributed by atoms with Crippen LogP contribution in [0.4, 0.5) is 0 Å². The van der Waals surface area contributed by atoms with Gasteiger partial charge in [0.2, 0.25) is 0 Å². The maximum atomic E-state index is 10.3. The SMILES string of the molecule is OC(Cl)(Cc1ccccc1)c1ccc(Cl)cc1. The molecule has 1 nitrogen and oxygen atoms in total. The number of halogens is 2. The Morgan fingerprint density at radius 2 is 1.53 bits per heavy atom. The fourth-order valence-corrected chi connectivity index (χ4v) is 2.08. The Morgan fingerprint density at radius 1 is 0.941 bits per heavy atom. The average Bonchev–Trinajstić information content (AvgIpc) is 2.30. The summed E-state index contributed by atoms with van der Waals surface area (Å²) in [7, 11) is 0. The Bertz CT molecular complexity index is 477. The van der Waals surface area contributed by atoms with Crippen molar-refractivity contribution in [1.29, 1.82) is 0 Å². The highest BCUT2D eigenvalue weighted by Gasteiger charge is 2.26. The summed E-state index contributed by atoms with van der Waals surface area (Å²) < 4.78 is 0. The van der Waals surface area contributed by atoms with Crippen molar-refractivity contribution in [2.24, 2.45) is 0 Å². The summed E-state index contributed by atoms with van der Waals surface area (Å²) in [6.07, 6.45) is 0.358. The van der Waals surface area contributed by atoms with E-state index in [1.807, 2.05) is 30.3 Å². The van der Waals surface area contributed by atoms with Crippen LogP contribution in [-0.2, 0) is 11.5 Å². The number of benzene rings is 2. The van der Waals surface area contributed by atoms with E-state index in [0.29, 0.717) is 17.0 Å². The molecular formula is C14H12Cl2O. The van der Waals surface area contributed by atoms with Crippen LogP contribution in [0.3, 0.4) is 0 Å². The van der Waals surface area contributed by atoms with Crippen LogP contribution in [0, 0.1) is 0 Å². The van der Waals surface area contributed by atoms with Gasteiger partial charge in [-0.05, 0) is 23.3 Å². The van der Waals surface area contributed by atoms with Crippen molar-refractivity contribution in [3.05, 3.63) is 70.7 Å². The quantitative estimate of drug-likeness (QED) is 0.834. The number of alkyl halides is 1. The number of hydrogen-bond acceptors (Lipinski definition) is 1. The molecule has 0 bridgehead atoms. The molecule has 0 aliphatic carbocycles. The molecule has 1 atom stereocenters. The van der Waals surface area contributed by atoms with Crippen LogP contribution in [0.5, 0.6) is 0 Å². The summed E-state index contributed by atoms with van der Waals surface area (Å²) in [5.41, 5.74) is 1.63. The zero-order valence-corrected chi connectivity index (χ0v) is 10.6. The Morgan fingerprint density at radius 3 is 2.12 bits per heavy atom. The van der Waals surface area contributed by atoms with E-state index >= 15 is 0 Å². The molecule has 0 saturated heterocycles. The molecule has 0 radical (unpaired) electrons. The van der Waals surface area contributed by atoms with Crippen LogP contribution in [0.25, 0.3) is 0 Å². The second kappa shape index (κ2) is 5.09. The van der Waals surface area contributed by atoms with E-state index in [4.69, 9.17) is 23.2 Å².